The Bertz CT molecular complexity index is 861. The zero-order valence-electron chi connectivity index (χ0n) is 16.0. The van der Waals surface area contributed by atoms with Crippen molar-refractivity contribution in [3.63, 3.8) is 0 Å². The van der Waals surface area contributed by atoms with Gasteiger partial charge >= 0.3 is 12.1 Å². The maximum Gasteiger partial charge on any atom is 0.407 e. The van der Waals surface area contributed by atoms with Crippen LogP contribution >= 0.6 is 0 Å². The summed E-state index contributed by atoms with van der Waals surface area (Å²) in [6, 6.07) is 13.1. The molecule has 2 unspecified atom stereocenters. The number of alkyl carbamates (subject to hydrolysis) is 1. The van der Waals surface area contributed by atoms with E-state index in [4.69, 9.17) is 14.6 Å². The molecule has 1 saturated heterocycles. The molecule has 29 heavy (non-hydrogen) atoms. The summed E-state index contributed by atoms with van der Waals surface area (Å²) in [5.41, 5.74) is 1.11. The number of nitrogens with zero attached hydrogens (tertiary/aromatic N) is 1. The van der Waals surface area contributed by atoms with Gasteiger partial charge in [0.1, 0.15) is 12.4 Å². The third-order valence-electron chi connectivity index (χ3n) is 4.92. The Morgan fingerprint density at radius 3 is 2.69 bits per heavy atom. The first kappa shape index (κ1) is 20.6. The molecule has 0 bridgehead atoms. The van der Waals surface area contributed by atoms with Crippen LogP contribution in [0.2, 0.25) is 0 Å². The second-order valence-electron chi connectivity index (χ2n) is 6.79. The van der Waals surface area contributed by atoms with Crippen LogP contribution in [-0.2, 0) is 16.1 Å². The van der Waals surface area contributed by atoms with Gasteiger partial charge in [0.25, 0.3) is 0 Å². The Morgan fingerprint density at radius 2 is 2.00 bits per heavy atom. The molecule has 1 heterocycles. The van der Waals surface area contributed by atoms with Crippen LogP contribution in [0.25, 0.3) is 0 Å². The topological polar surface area (TPSA) is 88.1 Å². The molecule has 1 aliphatic heterocycles. The molecule has 0 aliphatic carbocycles. The number of carboxylic acids is 1. The van der Waals surface area contributed by atoms with Crippen molar-refractivity contribution < 1.29 is 28.6 Å². The number of carboxylic acid groups (broad SMARTS) is 1. The molecule has 0 radical (unpaired) electrons. The Morgan fingerprint density at radius 1 is 1.24 bits per heavy atom. The van der Waals surface area contributed by atoms with Gasteiger partial charge in [-0.2, -0.15) is 0 Å². The van der Waals surface area contributed by atoms with Gasteiger partial charge in [0.2, 0.25) is 0 Å². The number of amides is 1. The Balaban J connectivity index is 1.58. The lowest BCUT2D eigenvalue weighted by Crippen LogP contribution is -2.55. The predicted octanol–water partition coefficient (Wildman–Crippen LogP) is 3.04. The summed E-state index contributed by atoms with van der Waals surface area (Å²) in [7, 11) is 1.55. The van der Waals surface area contributed by atoms with E-state index in [1.165, 1.54) is 12.1 Å². The average molecular weight is 402 g/mol. The van der Waals surface area contributed by atoms with Gasteiger partial charge in [0.05, 0.1) is 17.7 Å². The quantitative estimate of drug-likeness (QED) is 0.772. The zero-order chi connectivity index (χ0) is 20.8. The number of halogens is 1. The van der Waals surface area contributed by atoms with Crippen LogP contribution in [0.15, 0.2) is 48.5 Å². The summed E-state index contributed by atoms with van der Waals surface area (Å²) >= 11 is 0. The number of carbonyl (C=O) groups is 2. The monoisotopic (exact) mass is 402 g/mol. The van der Waals surface area contributed by atoms with Gasteiger partial charge in [-0.15, -0.1) is 0 Å². The van der Waals surface area contributed by atoms with E-state index in [-0.39, 0.29) is 24.3 Å². The third-order valence-corrected chi connectivity index (χ3v) is 4.92. The van der Waals surface area contributed by atoms with Crippen LogP contribution in [0.4, 0.5) is 14.9 Å². The number of benzene rings is 2. The van der Waals surface area contributed by atoms with Crippen molar-refractivity contribution in [2.24, 2.45) is 0 Å². The van der Waals surface area contributed by atoms with Gasteiger partial charge in [-0.05, 0) is 30.2 Å². The molecule has 3 rings (SSSR count). The maximum atomic E-state index is 13.6. The van der Waals surface area contributed by atoms with Crippen LogP contribution in [0.5, 0.6) is 0 Å². The molecule has 0 saturated carbocycles. The van der Waals surface area contributed by atoms with Gasteiger partial charge in [-0.3, -0.25) is 0 Å². The smallest absolute Gasteiger partial charge is 0.407 e. The first-order valence-electron chi connectivity index (χ1n) is 9.25. The van der Waals surface area contributed by atoms with Crippen molar-refractivity contribution in [1.29, 1.82) is 0 Å². The number of anilines is 1. The summed E-state index contributed by atoms with van der Waals surface area (Å²) in [5, 5.41) is 12.0. The molecule has 1 aliphatic rings. The number of hydrogen-bond acceptors (Lipinski definition) is 5. The van der Waals surface area contributed by atoms with E-state index in [1.54, 1.807) is 7.11 Å². The third kappa shape index (κ3) is 5.23. The van der Waals surface area contributed by atoms with E-state index in [9.17, 15) is 14.0 Å². The van der Waals surface area contributed by atoms with E-state index < -0.39 is 17.9 Å². The Hall–Kier alpha value is -3.13. The summed E-state index contributed by atoms with van der Waals surface area (Å²) in [4.78, 5) is 25.2. The minimum absolute atomic E-state index is 0.177. The van der Waals surface area contributed by atoms with Gasteiger partial charge in [-0.1, -0.05) is 30.3 Å². The van der Waals surface area contributed by atoms with Crippen molar-refractivity contribution in [3.05, 3.63) is 65.5 Å². The molecule has 2 N–H and O–H groups in total. The van der Waals surface area contributed by atoms with Crippen LogP contribution in [-0.4, -0.2) is 49.5 Å². The lowest BCUT2D eigenvalue weighted by atomic mass is 10.0. The molecule has 8 heteroatoms. The van der Waals surface area contributed by atoms with Gasteiger partial charge in [-0.25, -0.2) is 14.0 Å². The fraction of sp³-hybridized carbons (Fsp3) is 0.333. The zero-order valence-corrected chi connectivity index (χ0v) is 16.0. The maximum absolute atomic E-state index is 13.6. The van der Waals surface area contributed by atoms with Crippen LogP contribution in [0.3, 0.4) is 0 Å². The van der Waals surface area contributed by atoms with E-state index >= 15 is 0 Å². The van der Waals surface area contributed by atoms with Gasteiger partial charge in [0.15, 0.2) is 0 Å². The number of piperidine rings is 1. The molecule has 1 fully saturated rings. The fourth-order valence-electron chi connectivity index (χ4n) is 3.34. The van der Waals surface area contributed by atoms with Gasteiger partial charge < -0.3 is 24.8 Å². The van der Waals surface area contributed by atoms with E-state index in [0.717, 1.165) is 11.6 Å². The molecule has 1 amide bonds. The van der Waals surface area contributed by atoms with Crippen molar-refractivity contribution in [3.8, 4) is 0 Å². The van der Waals surface area contributed by atoms with E-state index in [2.05, 4.69) is 5.32 Å². The number of aromatic carboxylic acids is 1. The van der Waals surface area contributed by atoms with E-state index in [0.29, 0.717) is 25.2 Å². The number of ether oxygens (including phenoxy) is 2. The minimum atomic E-state index is -1.31. The van der Waals surface area contributed by atoms with Crippen molar-refractivity contribution in [2.75, 3.05) is 25.1 Å². The van der Waals surface area contributed by atoms with Crippen LogP contribution < -0.4 is 10.2 Å². The highest BCUT2D eigenvalue weighted by Crippen LogP contribution is 2.24. The fourth-order valence-corrected chi connectivity index (χ4v) is 3.34. The number of methoxy groups -OCH3 is 1. The first-order valence-corrected chi connectivity index (χ1v) is 9.25. The number of hydrogen-bond donors (Lipinski definition) is 2. The van der Waals surface area contributed by atoms with Crippen molar-refractivity contribution >= 4 is 17.7 Å². The summed E-state index contributed by atoms with van der Waals surface area (Å²) in [6.07, 6.45) is -0.283. The number of carbonyl (C=O) groups excluding carboxylic acids is 1. The summed E-state index contributed by atoms with van der Waals surface area (Å²) in [6.45, 7) is 1.15. The van der Waals surface area contributed by atoms with Crippen molar-refractivity contribution in [2.45, 2.75) is 25.2 Å². The SMILES string of the molecule is COC1CN(c2ccc(F)c(C(=O)O)c2)CCC1NC(=O)OCc1ccccc1. The number of nitrogens with one attached hydrogen (secondary N) is 1. The largest absolute Gasteiger partial charge is 0.478 e. The lowest BCUT2D eigenvalue weighted by molar-refractivity contribution is 0.0546. The minimum Gasteiger partial charge on any atom is -0.478 e. The molecule has 154 valence electrons. The molecule has 2 atom stereocenters. The molecule has 7 nitrogen and oxygen atoms in total. The molecular weight excluding hydrogens is 379 g/mol. The second-order valence-corrected chi connectivity index (χ2v) is 6.79. The van der Waals surface area contributed by atoms with Crippen LogP contribution in [0, 0.1) is 5.82 Å². The molecular formula is C21H23FN2O5. The Labute approximate surface area is 168 Å². The predicted molar refractivity (Wildman–Crippen MR) is 105 cm³/mol. The average Bonchev–Trinajstić information content (AvgIpc) is 2.73. The molecule has 0 spiro atoms. The first-order chi connectivity index (χ1) is 14.0. The molecule has 2 aromatic rings. The molecule has 0 aromatic heterocycles. The highest BCUT2D eigenvalue weighted by molar-refractivity contribution is 5.89. The summed E-state index contributed by atoms with van der Waals surface area (Å²) < 4.78 is 24.4. The summed E-state index contributed by atoms with van der Waals surface area (Å²) in [5.74, 6) is -2.09. The van der Waals surface area contributed by atoms with E-state index in [1.807, 2.05) is 35.2 Å². The second kappa shape index (κ2) is 9.38. The van der Waals surface area contributed by atoms with Crippen LogP contribution in [0.1, 0.15) is 22.3 Å². The van der Waals surface area contributed by atoms with Crippen molar-refractivity contribution in [1.82, 2.24) is 5.32 Å². The van der Waals surface area contributed by atoms with Gasteiger partial charge in [0, 0.05) is 25.9 Å². The normalized spacial score (nSPS) is 18.9. The standard InChI is InChI=1S/C21H23FN2O5/c1-28-19-12-24(15-7-8-17(22)16(11-15)20(25)26)10-9-18(19)23-21(27)29-13-14-5-3-2-4-6-14/h2-8,11,18-19H,9-10,12-13H2,1H3,(H,23,27)(H,25,26). The highest BCUT2D eigenvalue weighted by atomic mass is 19.1. The molecule has 2 aromatic carbocycles. The lowest BCUT2D eigenvalue weighted by Gasteiger charge is -2.39. The number of rotatable bonds is 6. The highest BCUT2D eigenvalue weighted by Gasteiger charge is 2.31. The Kier molecular flexibility index (Phi) is 6.66.